The fourth-order valence-corrected chi connectivity index (χ4v) is 4.34. The van der Waals surface area contributed by atoms with E-state index in [-0.39, 0.29) is 17.3 Å². The number of aromatic nitrogens is 3. The van der Waals surface area contributed by atoms with Crippen molar-refractivity contribution in [2.24, 2.45) is 0 Å². The van der Waals surface area contributed by atoms with E-state index in [4.69, 9.17) is 4.42 Å². The summed E-state index contributed by atoms with van der Waals surface area (Å²) in [4.78, 5) is 4.61. The van der Waals surface area contributed by atoms with E-state index < -0.39 is 10.0 Å². The quantitative estimate of drug-likeness (QED) is 0.644. The third-order valence-electron chi connectivity index (χ3n) is 4.38. The predicted molar refractivity (Wildman–Crippen MR) is 98.2 cm³/mol. The molecular formula is C18H21FN4O3S. The molecular weight excluding hydrogens is 371 g/mol. The molecule has 0 aliphatic rings. The fourth-order valence-electron chi connectivity index (χ4n) is 2.79. The molecule has 3 rings (SSSR count). The van der Waals surface area contributed by atoms with Crippen molar-refractivity contribution in [3.8, 4) is 11.5 Å². The molecule has 0 aliphatic heterocycles. The van der Waals surface area contributed by atoms with Crippen LogP contribution in [0.15, 0.2) is 39.8 Å². The van der Waals surface area contributed by atoms with Crippen molar-refractivity contribution in [3.05, 3.63) is 53.4 Å². The zero-order valence-electron chi connectivity index (χ0n) is 15.6. The number of hydrogen-bond donors (Lipinski definition) is 0. The lowest BCUT2D eigenvalue weighted by Crippen LogP contribution is -2.27. The number of hydrogen-bond acceptors (Lipinski definition) is 5. The SMILES string of the molecule is CCN(C)S(=O)(=O)c1c(C)nn(Cc2coc(-c3ccc(F)cc3)n2)c1C. The van der Waals surface area contributed by atoms with Crippen molar-refractivity contribution in [1.82, 2.24) is 19.1 Å². The number of aryl methyl sites for hydroxylation is 1. The molecule has 2 aromatic heterocycles. The average Bonchev–Trinajstić information content (AvgIpc) is 3.20. The third kappa shape index (κ3) is 3.65. The molecule has 9 heteroatoms. The molecule has 3 aromatic rings. The van der Waals surface area contributed by atoms with Crippen LogP contribution >= 0.6 is 0 Å². The van der Waals surface area contributed by atoms with E-state index in [1.165, 1.54) is 29.7 Å². The van der Waals surface area contributed by atoms with Crippen molar-refractivity contribution in [1.29, 1.82) is 0 Å². The number of oxazole rings is 1. The van der Waals surface area contributed by atoms with Crippen LogP contribution in [0.5, 0.6) is 0 Å². The molecule has 0 spiro atoms. The molecule has 0 fully saturated rings. The van der Waals surface area contributed by atoms with Gasteiger partial charge in [-0.05, 0) is 38.1 Å². The normalized spacial score (nSPS) is 12.1. The Hall–Kier alpha value is -2.52. The van der Waals surface area contributed by atoms with E-state index in [1.54, 1.807) is 37.6 Å². The van der Waals surface area contributed by atoms with Gasteiger partial charge in [-0.1, -0.05) is 6.92 Å². The Kier molecular flexibility index (Phi) is 5.16. The Morgan fingerprint density at radius 1 is 1.22 bits per heavy atom. The second kappa shape index (κ2) is 7.24. The molecule has 0 amide bonds. The Bertz CT molecular complexity index is 1050. The molecule has 0 N–H and O–H groups in total. The van der Waals surface area contributed by atoms with Gasteiger partial charge in [0.2, 0.25) is 15.9 Å². The summed E-state index contributed by atoms with van der Waals surface area (Å²) in [6, 6.07) is 5.84. The summed E-state index contributed by atoms with van der Waals surface area (Å²) in [5.74, 6) is 0.0315. The van der Waals surface area contributed by atoms with Crippen LogP contribution in [0.1, 0.15) is 24.0 Å². The Balaban J connectivity index is 1.90. The van der Waals surface area contributed by atoms with Gasteiger partial charge in [0.05, 0.1) is 17.9 Å². The highest BCUT2D eigenvalue weighted by Gasteiger charge is 2.28. The summed E-state index contributed by atoms with van der Waals surface area (Å²) in [6.07, 6.45) is 1.49. The van der Waals surface area contributed by atoms with E-state index in [2.05, 4.69) is 10.1 Å². The Morgan fingerprint density at radius 2 is 1.89 bits per heavy atom. The topological polar surface area (TPSA) is 81.2 Å². The largest absolute Gasteiger partial charge is 0.444 e. The number of nitrogens with zero attached hydrogens (tertiary/aromatic N) is 4. The van der Waals surface area contributed by atoms with Gasteiger partial charge < -0.3 is 4.42 Å². The second-order valence-corrected chi connectivity index (χ2v) is 8.21. The van der Waals surface area contributed by atoms with Crippen molar-refractivity contribution in [3.63, 3.8) is 0 Å². The van der Waals surface area contributed by atoms with Crippen LogP contribution in [0.3, 0.4) is 0 Å². The van der Waals surface area contributed by atoms with E-state index in [0.717, 1.165) is 0 Å². The standard InChI is InChI=1S/C18H21FN4O3S/c1-5-22(4)27(24,25)17-12(2)21-23(13(17)3)10-16-11-26-18(20-16)14-6-8-15(19)9-7-14/h6-9,11H,5,10H2,1-4H3. The van der Waals surface area contributed by atoms with Crippen LogP contribution in [0.25, 0.3) is 11.5 Å². The van der Waals surface area contributed by atoms with E-state index in [1.807, 2.05) is 0 Å². The van der Waals surface area contributed by atoms with Crippen LogP contribution in [0.4, 0.5) is 4.39 Å². The van der Waals surface area contributed by atoms with Gasteiger partial charge in [0.1, 0.15) is 22.7 Å². The van der Waals surface area contributed by atoms with Crippen molar-refractivity contribution in [2.45, 2.75) is 32.2 Å². The molecule has 0 unspecified atom stereocenters. The van der Waals surface area contributed by atoms with Gasteiger partial charge in [-0.25, -0.2) is 22.1 Å². The highest BCUT2D eigenvalue weighted by molar-refractivity contribution is 7.89. The van der Waals surface area contributed by atoms with Crippen molar-refractivity contribution < 1.29 is 17.2 Å². The highest BCUT2D eigenvalue weighted by Crippen LogP contribution is 2.24. The summed E-state index contributed by atoms with van der Waals surface area (Å²) in [5.41, 5.74) is 2.23. The minimum absolute atomic E-state index is 0.217. The minimum Gasteiger partial charge on any atom is -0.444 e. The molecule has 1 aromatic carbocycles. The molecule has 0 saturated heterocycles. The van der Waals surface area contributed by atoms with Gasteiger partial charge in [-0.3, -0.25) is 4.68 Å². The molecule has 0 atom stereocenters. The first-order chi connectivity index (χ1) is 12.7. The molecule has 144 valence electrons. The van der Waals surface area contributed by atoms with Crippen molar-refractivity contribution >= 4 is 10.0 Å². The van der Waals surface area contributed by atoms with Gasteiger partial charge in [0.25, 0.3) is 0 Å². The average molecular weight is 392 g/mol. The first kappa shape index (κ1) is 19.2. The van der Waals surface area contributed by atoms with E-state index in [0.29, 0.717) is 35.1 Å². The molecule has 0 saturated carbocycles. The zero-order valence-corrected chi connectivity index (χ0v) is 16.4. The zero-order chi connectivity index (χ0) is 19.8. The van der Waals surface area contributed by atoms with Gasteiger partial charge in [0, 0.05) is 19.2 Å². The van der Waals surface area contributed by atoms with Crippen LogP contribution in [-0.4, -0.2) is 41.1 Å². The van der Waals surface area contributed by atoms with Crippen LogP contribution in [-0.2, 0) is 16.6 Å². The monoisotopic (exact) mass is 392 g/mol. The summed E-state index contributed by atoms with van der Waals surface area (Å²) in [7, 11) is -2.05. The molecule has 7 nitrogen and oxygen atoms in total. The van der Waals surface area contributed by atoms with Gasteiger partial charge in [-0.2, -0.15) is 5.10 Å². The number of benzene rings is 1. The molecule has 0 bridgehead atoms. The number of rotatable bonds is 6. The van der Waals surface area contributed by atoms with E-state index >= 15 is 0 Å². The molecule has 2 heterocycles. The van der Waals surface area contributed by atoms with E-state index in [9.17, 15) is 12.8 Å². The Labute approximate surface area is 157 Å². The summed E-state index contributed by atoms with van der Waals surface area (Å²) < 4.78 is 46.8. The number of sulfonamides is 1. The minimum atomic E-state index is -3.59. The maximum absolute atomic E-state index is 13.0. The first-order valence-electron chi connectivity index (χ1n) is 8.44. The summed E-state index contributed by atoms with van der Waals surface area (Å²) >= 11 is 0. The smallest absolute Gasteiger partial charge is 0.246 e. The highest BCUT2D eigenvalue weighted by atomic mass is 32.2. The lowest BCUT2D eigenvalue weighted by molar-refractivity contribution is 0.485. The maximum atomic E-state index is 13.0. The van der Waals surface area contributed by atoms with Gasteiger partial charge in [-0.15, -0.1) is 0 Å². The lowest BCUT2D eigenvalue weighted by atomic mass is 10.2. The van der Waals surface area contributed by atoms with Crippen molar-refractivity contribution in [2.75, 3.05) is 13.6 Å². The third-order valence-corrected chi connectivity index (χ3v) is 6.57. The fraction of sp³-hybridized carbons (Fsp3) is 0.333. The second-order valence-electron chi connectivity index (χ2n) is 6.23. The number of halogens is 1. The van der Waals surface area contributed by atoms with Crippen LogP contribution in [0.2, 0.25) is 0 Å². The molecule has 27 heavy (non-hydrogen) atoms. The van der Waals surface area contributed by atoms with Crippen LogP contribution < -0.4 is 0 Å². The summed E-state index contributed by atoms with van der Waals surface area (Å²) in [5, 5.41) is 4.36. The van der Waals surface area contributed by atoms with Crippen LogP contribution in [0, 0.1) is 19.7 Å². The summed E-state index contributed by atoms with van der Waals surface area (Å²) in [6.45, 7) is 5.81. The van der Waals surface area contributed by atoms with Gasteiger partial charge >= 0.3 is 0 Å². The first-order valence-corrected chi connectivity index (χ1v) is 9.88. The lowest BCUT2D eigenvalue weighted by Gasteiger charge is -2.15. The maximum Gasteiger partial charge on any atom is 0.246 e. The molecule has 0 radical (unpaired) electrons. The van der Waals surface area contributed by atoms with Gasteiger partial charge in [0.15, 0.2) is 0 Å². The predicted octanol–water partition coefficient (Wildman–Crippen LogP) is 2.98. The molecule has 0 aliphatic carbocycles. The Morgan fingerprint density at radius 3 is 2.52 bits per heavy atom.